The van der Waals surface area contributed by atoms with Crippen molar-refractivity contribution in [2.75, 3.05) is 17.3 Å². The van der Waals surface area contributed by atoms with E-state index in [-0.39, 0.29) is 0 Å². The van der Waals surface area contributed by atoms with Crippen LogP contribution in [0.3, 0.4) is 0 Å². The maximum atomic E-state index is 5.39. The quantitative estimate of drug-likeness (QED) is 0.251. The molecule has 23 heavy (non-hydrogen) atoms. The van der Waals surface area contributed by atoms with Crippen LogP contribution in [0.1, 0.15) is 57.1 Å². The number of terminal acetylenes is 1. The van der Waals surface area contributed by atoms with Crippen molar-refractivity contribution in [3.05, 3.63) is 46.0 Å². The van der Waals surface area contributed by atoms with E-state index in [9.17, 15) is 0 Å². The number of benzene rings is 1. The number of hydrogen-bond acceptors (Lipinski definition) is 2. The molecule has 2 heteroatoms. The zero-order valence-corrected chi connectivity index (χ0v) is 16.1. The summed E-state index contributed by atoms with van der Waals surface area (Å²) in [6.07, 6.45) is 13.7. The lowest BCUT2D eigenvalue weighted by atomic mass is 10.1. The van der Waals surface area contributed by atoms with Gasteiger partial charge in [0, 0.05) is 22.0 Å². The van der Waals surface area contributed by atoms with E-state index in [0.717, 1.165) is 17.5 Å². The van der Waals surface area contributed by atoms with Crippen LogP contribution in [-0.2, 0) is 0 Å². The smallest absolute Gasteiger partial charge is 0.0266 e. The van der Waals surface area contributed by atoms with Crippen LogP contribution < -0.4 is 0 Å². The SMILES string of the molecule is C#Cc1ccc(C=C=C(CCCC)SCCSCCCC)cc1. The molecule has 0 spiro atoms. The summed E-state index contributed by atoms with van der Waals surface area (Å²) >= 11 is 4.04. The molecule has 124 valence electrons. The normalized spacial score (nSPS) is 9.96. The van der Waals surface area contributed by atoms with Gasteiger partial charge in [0.05, 0.1) is 0 Å². The van der Waals surface area contributed by atoms with Gasteiger partial charge in [-0.1, -0.05) is 44.7 Å². The minimum Gasteiger partial charge on any atom is -0.161 e. The van der Waals surface area contributed by atoms with Crippen molar-refractivity contribution >= 4 is 29.6 Å². The third kappa shape index (κ3) is 9.67. The summed E-state index contributed by atoms with van der Waals surface area (Å²) < 4.78 is 0. The highest BCUT2D eigenvalue weighted by Gasteiger charge is 1.98. The zero-order chi connectivity index (χ0) is 16.8. The first kappa shape index (κ1) is 20.0. The molecule has 0 unspecified atom stereocenters. The van der Waals surface area contributed by atoms with Gasteiger partial charge in [-0.15, -0.1) is 23.9 Å². The Morgan fingerprint density at radius 1 is 1.04 bits per heavy atom. The van der Waals surface area contributed by atoms with Gasteiger partial charge in [0.2, 0.25) is 0 Å². The van der Waals surface area contributed by atoms with E-state index in [0.29, 0.717) is 0 Å². The van der Waals surface area contributed by atoms with E-state index in [4.69, 9.17) is 6.42 Å². The third-order valence-electron chi connectivity index (χ3n) is 3.38. The molecule has 0 nitrogen and oxygen atoms in total. The van der Waals surface area contributed by atoms with Crippen LogP contribution in [0.4, 0.5) is 0 Å². The van der Waals surface area contributed by atoms with E-state index in [1.54, 1.807) is 0 Å². The molecule has 0 aliphatic heterocycles. The molecule has 0 atom stereocenters. The lowest BCUT2D eigenvalue weighted by molar-refractivity contribution is 0.809. The number of hydrogen-bond donors (Lipinski definition) is 0. The van der Waals surface area contributed by atoms with Crippen LogP contribution in [0.5, 0.6) is 0 Å². The minimum absolute atomic E-state index is 0.927. The van der Waals surface area contributed by atoms with Crippen molar-refractivity contribution in [3.8, 4) is 12.3 Å². The van der Waals surface area contributed by atoms with Gasteiger partial charge in [-0.3, -0.25) is 0 Å². The van der Waals surface area contributed by atoms with Gasteiger partial charge in [-0.2, -0.15) is 11.8 Å². The highest BCUT2D eigenvalue weighted by atomic mass is 32.2. The molecule has 1 aromatic carbocycles. The van der Waals surface area contributed by atoms with Gasteiger partial charge in [0.1, 0.15) is 0 Å². The highest BCUT2D eigenvalue weighted by molar-refractivity contribution is 8.05. The number of rotatable bonds is 11. The van der Waals surface area contributed by atoms with Crippen LogP contribution in [0.25, 0.3) is 6.08 Å². The second-order valence-corrected chi connectivity index (χ2v) is 7.81. The monoisotopic (exact) mass is 344 g/mol. The van der Waals surface area contributed by atoms with Crippen molar-refractivity contribution < 1.29 is 0 Å². The van der Waals surface area contributed by atoms with E-state index < -0.39 is 0 Å². The summed E-state index contributed by atoms with van der Waals surface area (Å²) in [5.41, 5.74) is 5.59. The summed E-state index contributed by atoms with van der Waals surface area (Å²) in [5.74, 6) is 6.36. The fourth-order valence-corrected chi connectivity index (χ4v) is 4.11. The average Bonchev–Trinajstić information content (AvgIpc) is 2.60. The summed E-state index contributed by atoms with van der Waals surface area (Å²) in [6.45, 7) is 4.49. The minimum atomic E-state index is 0.927. The molecule has 0 saturated carbocycles. The predicted molar refractivity (Wildman–Crippen MR) is 110 cm³/mol. The second-order valence-electron chi connectivity index (χ2n) is 5.40. The van der Waals surface area contributed by atoms with Gasteiger partial charge in [-0.25, -0.2) is 0 Å². The van der Waals surface area contributed by atoms with Crippen molar-refractivity contribution in [2.45, 2.75) is 46.0 Å². The third-order valence-corrected chi connectivity index (χ3v) is 5.79. The Kier molecular flexibility index (Phi) is 11.7. The van der Waals surface area contributed by atoms with E-state index >= 15 is 0 Å². The molecule has 0 radical (unpaired) electrons. The van der Waals surface area contributed by atoms with Gasteiger partial charge >= 0.3 is 0 Å². The Labute approximate surface area is 151 Å². The maximum Gasteiger partial charge on any atom is 0.0266 e. The van der Waals surface area contributed by atoms with Crippen molar-refractivity contribution in [1.29, 1.82) is 0 Å². The Morgan fingerprint density at radius 2 is 1.78 bits per heavy atom. The Bertz CT molecular complexity index is 528. The fourth-order valence-electron chi connectivity index (χ4n) is 1.93. The molecule has 0 aliphatic rings. The van der Waals surface area contributed by atoms with E-state index in [2.05, 4.69) is 55.5 Å². The van der Waals surface area contributed by atoms with E-state index in [1.807, 2.05) is 23.9 Å². The van der Waals surface area contributed by atoms with Crippen molar-refractivity contribution in [3.63, 3.8) is 0 Å². The molecule has 0 fully saturated rings. The van der Waals surface area contributed by atoms with Crippen molar-refractivity contribution in [2.24, 2.45) is 0 Å². The molecule has 0 amide bonds. The van der Waals surface area contributed by atoms with Crippen LogP contribution in [-0.4, -0.2) is 17.3 Å². The molecule has 0 aromatic heterocycles. The Hall–Kier alpha value is -1.000. The summed E-state index contributed by atoms with van der Waals surface area (Å²) in [6, 6.07) is 8.09. The number of unbranched alkanes of at least 4 members (excludes halogenated alkanes) is 2. The van der Waals surface area contributed by atoms with Crippen LogP contribution >= 0.6 is 23.5 Å². The summed E-state index contributed by atoms with van der Waals surface area (Å²) in [7, 11) is 0. The fraction of sp³-hybridized carbons (Fsp3) is 0.476. The summed E-state index contributed by atoms with van der Waals surface area (Å²) in [5, 5.41) is 0. The second kappa shape index (κ2) is 13.4. The van der Waals surface area contributed by atoms with Crippen molar-refractivity contribution in [1.82, 2.24) is 0 Å². The average molecular weight is 345 g/mol. The van der Waals surface area contributed by atoms with Crippen LogP contribution in [0.2, 0.25) is 0 Å². The topological polar surface area (TPSA) is 0 Å². The first-order valence-electron chi connectivity index (χ1n) is 8.53. The predicted octanol–water partition coefficient (Wildman–Crippen LogP) is 6.62. The molecule has 0 bridgehead atoms. The first-order valence-corrected chi connectivity index (χ1v) is 10.7. The highest BCUT2D eigenvalue weighted by Crippen LogP contribution is 2.22. The number of thioether (sulfide) groups is 2. The maximum absolute atomic E-state index is 5.39. The van der Waals surface area contributed by atoms with Crippen LogP contribution in [0, 0.1) is 12.3 Å². The molecule has 0 N–H and O–H groups in total. The molecule has 1 aromatic rings. The van der Waals surface area contributed by atoms with Crippen LogP contribution in [0.15, 0.2) is 34.9 Å². The zero-order valence-electron chi connectivity index (χ0n) is 14.4. The molecule has 0 saturated heterocycles. The number of allylic oxidation sites excluding steroid dienone is 1. The molecule has 0 aliphatic carbocycles. The standard InChI is InChI=1S/C21H28S2/c1-4-7-9-21(23-18-17-22-16-8-5-2)15-14-20-12-10-19(6-3)11-13-20/h3,10-14H,4-5,7-9,16-18H2,1-2H3. The lowest BCUT2D eigenvalue weighted by Crippen LogP contribution is -1.88. The molecular formula is C21H28S2. The lowest BCUT2D eigenvalue weighted by Gasteiger charge is -2.04. The van der Waals surface area contributed by atoms with E-state index in [1.165, 1.54) is 47.8 Å². The molecule has 1 rings (SSSR count). The van der Waals surface area contributed by atoms with Gasteiger partial charge in [-0.05, 0) is 48.8 Å². The first-order chi connectivity index (χ1) is 11.3. The Morgan fingerprint density at radius 3 is 2.43 bits per heavy atom. The summed E-state index contributed by atoms with van der Waals surface area (Å²) in [4.78, 5) is 1.38. The largest absolute Gasteiger partial charge is 0.161 e. The van der Waals surface area contributed by atoms with Gasteiger partial charge < -0.3 is 0 Å². The molecular weight excluding hydrogens is 316 g/mol. The van der Waals surface area contributed by atoms with Gasteiger partial charge in [0.25, 0.3) is 0 Å². The molecule has 0 heterocycles. The van der Waals surface area contributed by atoms with Gasteiger partial charge in [0.15, 0.2) is 0 Å². The Balaban J connectivity index is 2.56.